The van der Waals surface area contributed by atoms with Crippen LogP contribution in [0.3, 0.4) is 0 Å². The van der Waals surface area contributed by atoms with Crippen molar-refractivity contribution in [2.75, 3.05) is 34.4 Å². The molecule has 3 N–H and O–H groups in total. The van der Waals surface area contributed by atoms with E-state index in [1.807, 2.05) is 6.07 Å². The number of nitrogens with two attached hydrogens (primary N) is 1. The van der Waals surface area contributed by atoms with Gasteiger partial charge in [-0.1, -0.05) is 161 Å². The molecular formula is C40H74N2O4. The molecule has 0 aliphatic heterocycles. The molecule has 6 nitrogen and oxygen atoms in total. The molecule has 0 heterocycles. The molecule has 1 aromatic carbocycles. The van der Waals surface area contributed by atoms with Crippen LogP contribution in [0.25, 0.3) is 5.57 Å². The van der Waals surface area contributed by atoms with Gasteiger partial charge in [0.25, 0.3) is 5.91 Å². The molecule has 0 spiro atoms. The lowest BCUT2D eigenvalue weighted by molar-refractivity contribution is -0.115. The maximum absolute atomic E-state index is 12.7. The van der Waals surface area contributed by atoms with E-state index in [9.17, 15) is 4.79 Å². The number of benzene rings is 1. The number of hydrogen-bond acceptors (Lipinski definition) is 5. The second-order valence-corrected chi connectivity index (χ2v) is 12.7. The van der Waals surface area contributed by atoms with Crippen molar-refractivity contribution >= 4 is 11.5 Å². The van der Waals surface area contributed by atoms with E-state index in [4.69, 9.17) is 19.9 Å². The van der Waals surface area contributed by atoms with E-state index in [0.717, 1.165) is 24.9 Å². The van der Waals surface area contributed by atoms with Crippen LogP contribution < -0.4 is 20.5 Å². The molecule has 0 saturated carbocycles. The average molecular weight is 647 g/mol. The SMILES string of the molecule is CCCCCCCCCCCCCCN.CCCCCCCCCCCCCCNC(=O)C(=COC)c1ccc(OC)c(OC)c1. The minimum Gasteiger partial charge on any atom is -0.504 e. The van der Waals surface area contributed by atoms with Gasteiger partial charge in [0, 0.05) is 6.54 Å². The Morgan fingerprint density at radius 2 is 1.02 bits per heavy atom. The van der Waals surface area contributed by atoms with Gasteiger partial charge in [-0.15, -0.1) is 0 Å². The molecule has 0 atom stereocenters. The fraction of sp³-hybridized carbons (Fsp3) is 0.775. The van der Waals surface area contributed by atoms with Crippen molar-refractivity contribution in [2.24, 2.45) is 5.73 Å². The van der Waals surface area contributed by atoms with Crippen LogP contribution >= 0.6 is 0 Å². The highest BCUT2D eigenvalue weighted by Gasteiger charge is 2.15. The summed E-state index contributed by atoms with van der Waals surface area (Å²) in [6, 6.07) is 5.40. The Kier molecular flexibility index (Phi) is 32.5. The Bertz CT molecular complexity index is 831. The Labute approximate surface area is 285 Å². The van der Waals surface area contributed by atoms with E-state index in [2.05, 4.69) is 19.2 Å². The van der Waals surface area contributed by atoms with Crippen LogP contribution in [0.5, 0.6) is 11.5 Å². The van der Waals surface area contributed by atoms with Crippen molar-refractivity contribution in [1.82, 2.24) is 5.32 Å². The molecule has 0 fully saturated rings. The van der Waals surface area contributed by atoms with Gasteiger partial charge in [0.2, 0.25) is 0 Å². The molecule has 1 amide bonds. The summed E-state index contributed by atoms with van der Waals surface area (Å²) in [7, 11) is 4.71. The zero-order chi connectivity index (χ0) is 33.9. The number of carbonyl (C=O) groups is 1. The van der Waals surface area contributed by atoms with Gasteiger partial charge in [-0.05, 0) is 37.1 Å². The van der Waals surface area contributed by atoms with E-state index < -0.39 is 0 Å². The molecule has 46 heavy (non-hydrogen) atoms. The molecule has 0 unspecified atom stereocenters. The lowest BCUT2D eigenvalue weighted by atomic mass is 10.0. The molecular weight excluding hydrogens is 572 g/mol. The molecule has 0 aromatic heterocycles. The van der Waals surface area contributed by atoms with Gasteiger partial charge in [-0.25, -0.2) is 0 Å². The van der Waals surface area contributed by atoms with Crippen molar-refractivity contribution in [1.29, 1.82) is 0 Å². The smallest absolute Gasteiger partial charge is 0.255 e. The number of rotatable bonds is 30. The van der Waals surface area contributed by atoms with E-state index in [1.54, 1.807) is 33.5 Å². The fourth-order valence-corrected chi connectivity index (χ4v) is 5.62. The first-order chi connectivity index (χ1) is 22.6. The highest BCUT2D eigenvalue weighted by Crippen LogP contribution is 2.30. The predicted molar refractivity (Wildman–Crippen MR) is 199 cm³/mol. The standard InChI is InChI=1S/C26H43NO4.C14H31N/c1-5-6-7-8-9-10-11-12-13-14-15-16-19-27-26(28)23(21-29-2)22-17-18-24(30-3)25(20-22)31-4;1-2-3-4-5-6-7-8-9-10-11-12-13-14-15/h17-18,20-21H,5-16,19H2,1-4H3,(H,27,28);2-15H2,1H3. The number of carbonyl (C=O) groups excluding carboxylic acids is 1. The summed E-state index contributed by atoms with van der Waals surface area (Å²) in [5.74, 6) is 1.06. The number of amides is 1. The lowest BCUT2D eigenvalue weighted by Gasteiger charge is -2.12. The zero-order valence-electron chi connectivity index (χ0n) is 30.9. The van der Waals surface area contributed by atoms with Gasteiger partial charge in [-0.2, -0.15) is 0 Å². The third-order valence-corrected chi connectivity index (χ3v) is 8.55. The zero-order valence-corrected chi connectivity index (χ0v) is 30.9. The summed E-state index contributed by atoms with van der Waals surface area (Å²) in [5.41, 5.74) is 6.65. The van der Waals surface area contributed by atoms with Gasteiger partial charge < -0.3 is 25.3 Å². The fourth-order valence-electron chi connectivity index (χ4n) is 5.62. The highest BCUT2D eigenvalue weighted by molar-refractivity contribution is 6.19. The van der Waals surface area contributed by atoms with Crippen LogP contribution in [0.2, 0.25) is 0 Å². The maximum atomic E-state index is 12.7. The number of unbranched alkanes of at least 4 members (excludes halogenated alkanes) is 22. The quantitative estimate of drug-likeness (QED) is 0.0494. The normalized spacial score (nSPS) is 11.1. The van der Waals surface area contributed by atoms with Gasteiger partial charge in [-0.3, -0.25) is 4.79 Å². The second-order valence-electron chi connectivity index (χ2n) is 12.7. The summed E-state index contributed by atoms with van der Waals surface area (Å²) in [4.78, 5) is 12.7. The third-order valence-electron chi connectivity index (χ3n) is 8.55. The van der Waals surface area contributed by atoms with E-state index in [-0.39, 0.29) is 5.91 Å². The molecule has 0 saturated heterocycles. The van der Waals surface area contributed by atoms with E-state index in [1.165, 1.54) is 148 Å². The summed E-state index contributed by atoms with van der Waals surface area (Å²) in [5, 5.41) is 3.01. The number of methoxy groups -OCH3 is 3. The largest absolute Gasteiger partial charge is 0.504 e. The topological polar surface area (TPSA) is 82.8 Å². The van der Waals surface area contributed by atoms with Crippen LogP contribution in [0, 0.1) is 0 Å². The van der Waals surface area contributed by atoms with Gasteiger partial charge >= 0.3 is 0 Å². The van der Waals surface area contributed by atoms with Gasteiger partial charge in [0.1, 0.15) is 0 Å². The highest BCUT2D eigenvalue weighted by atomic mass is 16.5. The third kappa shape index (κ3) is 25.0. The molecule has 0 aliphatic rings. The minimum absolute atomic E-state index is 0.142. The van der Waals surface area contributed by atoms with Crippen molar-refractivity contribution < 1.29 is 19.0 Å². The van der Waals surface area contributed by atoms with Crippen LogP contribution in [-0.4, -0.2) is 40.3 Å². The van der Waals surface area contributed by atoms with E-state index >= 15 is 0 Å². The summed E-state index contributed by atoms with van der Waals surface area (Å²) in [6.07, 6.45) is 34.0. The summed E-state index contributed by atoms with van der Waals surface area (Å²) in [6.45, 7) is 6.09. The molecule has 6 heteroatoms. The van der Waals surface area contributed by atoms with Crippen LogP contribution in [0.1, 0.15) is 174 Å². The van der Waals surface area contributed by atoms with Crippen molar-refractivity contribution in [3.8, 4) is 11.5 Å². The second kappa shape index (κ2) is 34.1. The molecule has 1 aromatic rings. The van der Waals surface area contributed by atoms with Crippen LogP contribution in [0.15, 0.2) is 24.5 Å². The van der Waals surface area contributed by atoms with Gasteiger partial charge in [0.15, 0.2) is 11.5 Å². The minimum atomic E-state index is -0.142. The van der Waals surface area contributed by atoms with E-state index in [0.29, 0.717) is 23.6 Å². The maximum Gasteiger partial charge on any atom is 0.255 e. The Morgan fingerprint density at radius 3 is 1.41 bits per heavy atom. The number of nitrogens with one attached hydrogen (secondary N) is 1. The number of ether oxygens (including phenoxy) is 3. The van der Waals surface area contributed by atoms with Crippen LogP contribution in [0.4, 0.5) is 0 Å². The first kappa shape index (κ1) is 43.8. The predicted octanol–water partition coefficient (Wildman–Crippen LogP) is 11.2. The first-order valence-electron chi connectivity index (χ1n) is 19.0. The van der Waals surface area contributed by atoms with Crippen molar-refractivity contribution in [3.63, 3.8) is 0 Å². The Morgan fingerprint density at radius 1 is 0.609 bits per heavy atom. The molecule has 0 bridgehead atoms. The number of hydrogen-bond donors (Lipinski definition) is 2. The van der Waals surface area contributed by atoms with Crippen LogP contribution in [-0.2, 0) is 9.53 Å². The molecule has 1 rings (SSSR count). The summed E-state index contributed by atoms with van der Waals surface area (Å²) < 4.78 is 15.7. The Hall–Kier alpha value is -2.21. The molecule has 0 aliphatic carbocycles. The average Bonchev–Trinajstić information content (AvgIpc) is 3.08. The summed E-state index contributed by atoms with van der Waals surface area (Å²) >= 11 is 0. The van der Waals surface area contributed by atoms with Crippen molar-refractivity contribution in [3.05, 3.63) is 30.0 Å². The molecule has 268 valence electrons. The van der Waals surface area contributed by atoms with Gasteiger partial charge in [0.05, 0.1) is 33.2 Å². The first-order valence-corrected chi connectivity index (χ1v) is 19.0. The van der Waals surface area contributed by atoms with Crippen molar-refractivity contribution in [2.45, 2.75) is 168 Å². The Balaban J connectivity index is 0.00000113. The lowest BCUT2D eigenvalue weighted by Crippen LogP contribution is -2.25. The monoisotopic (exact) mass is 647 g/mol. The molecule has 0 radical (unpaired) electrons.